The van der Waals surface area contributed by atoms with Gasteiger partial charge < -0.3 is 5.32 Å². The van der Waals surface area contributed by atoms with Crippen molar-refractivity contribution in [2.24, 2.45) is 5.92 Å². The van der Waals surface area contributed by atoms with Gasteiger partial charge in [0.2, 0.25) is 15.9 Å². The van der Waals surface area contributed by atoms with Gasteiger partial charge in [0.05, 0.1) is 11.4 Å². The molecule has 1 aromatic heterocycles. The van der Waals surface area contributed by atoms with Crippen LogP contribution in [0.3, 0.4) is 0 Å². The van der Waals surface area contributed by atoms with E-state index in [1.54, 1.807) is 26.0 Å². The zero-order valence-electron chi connectivity index (χ0n) is 17.2. The fourth-order valence-corrected chi connectivity index (χ4v) is 5.63. The Morgan fingerprint density at radius 3 is 2.55 bits per heavy atom. The first-order valence-electron chi connectivity index (χ1n) is 9.69. The Hall–Kier alpha value is -1.90. The van der Waals surface area contributed by atoms with Crippen molar-refractivity contribution in [2.75, 3.05) is 18.4 Å². The SMILES string of the molecule is Cc1ccc(Cl)cc1NC(=O)Cn1nc(C)c(S(=O)(=O)N2CCC(C)CC2)c1C. The number of sulfonamides is 1. The van der Waals surface area contributed by atoms with Crippen LogP contribution >= 0.6 is 11.6 Å². The third kappa shape index (κ3) is 4.65. The number of halogens is 1. The Kier molecular flexibility index (Phi) is 6.36. The molecule has 1 N–H and O–H groups in total. The minimum atomic E-state index is -3.63. The first-order valence-corrected chi connectivity index (χ1v) is 11.5. The highest BCUT2D eigenvalue weighted by Gasteiger charge is 2.33. The van der Waals surface area contributed by atoms with Crippen molar-refractivity contribution in [3.8, 4) is 0 Å². The Bertz CT molecular complexity index is 1020. The molecule has 2 aromatic rings. The Morgan fingerprint density at radius 2 is 1.90 bits per heavy atom. The molecule has 3 rings (SSSR count). The maximum atomic E-state index is 13.2. The van der Waals surface area contributed by atoms with Crippen LogP contribution in [0.25, 0.3) is 0 Å². The number of carbonyl (C=O) groups excluding carboxylic acids is 1. The Labute approximate surface area is 177 Å². The average molecular weight is 439 g/mol. The van der Waals surface area contributed by atoms with Gasteiger partial charge in [-0.25, -0.2) is 8.42 Å². The van der Waals surface area contributed by atoms with E-state index in [0.29, 0.717) is 41.1 Å². The van der Waals surface area contributed by atoms with Gasteiger partial charge in [0, 0.05) is 23.8 Å². The number of anilines is 1. The lowest BCUT2D eigenvalue weighted by Crippen LogP contribution is -2.38. The predicted octanol–water partition coefficient (Wildman–Crippen LogP) is 3.52. The number of piperidine rings is 1. The zero-order chi connectivity index (χ0) is 21.3. The van der Waals surface area contributed by atoms with Crippen LogP contribution in [0.15, 0.2) is 23.1 Å². The Balaban J connectivity index is 1.80. The zero-order valence-corrected chi connectivity index (χ0v) is 18.8. The molecule has 9 heteroatoms. The standard InChI is InChI=1S/C20H27ClN4O3S/c1-13-7-9-24(10-8-13)29(27,28)20-15(3)23-25(16(20)4)12-19(26)22-18-11-17(21)6-5-14(18)2/h5-6,11,13H,7-10,12H2,1-4H3,(H,22,26). The largest absolute Gasteiger partial charge is 0.324 e. The Morgan fingerprint density at radius 1 is 1.24 bits per heavy atom. The molecular formula is C20H27ClN4O3S. The van der Waals surface area contributed by atoms with Gasteiger partial charge in [0.1, 0.15) is 11.4 Å². The molecule has 2 heterocycles. The van der Waals surface area contributed by atoms with Crippen molar-refractivity contribution >= 4 is 33.2 Å². The monoisotopic (exact) mass is 438 g/mol. The summed E-state index contributed by atoms with van der Waals surface area (Å²) in [5.41, 5.74) is 2.39. The van der Waals surface area contributed by atoms with Crippen molar-refractivity contribution in [1.29, 1.82) is 0 Å². The van der Waals surface area contributed by atoms with E-state index >= 15 is 0 Å². The number of benzene rings is 1. The summed E-state index contributed by atoms with van der Waals surface area (Å²) in [6.07, 6.45) is 1.71. The van der Waals surface area contributed by atoms with Gasteiger partial charge in [-0.1, -0.05) is 24.6 Å². The molecule has 1 fully saturated rings. The van der Waals surface area contributed by atoms with Crippen LogP contribution in [0, 0.1) is 26.7 Å². The average Bonchev–Trinajstić information content (AvgIpc) is 2.92. The number of nitrogens with one attached hydrogen (secondary N) is 1. The van der Waals surface area contributed by atoms with Crippen LogP contribution < -0.4 is 5.32 Å². The van der Waals surface area contributed by atoms with Gasteiger partial charge in [0.15, 0.2) is 0 Å². The van der Waals surface area contributed by atoms with E-state index in [4.69, 9.17) is 11.6 Å². The molecule has 158 valence electrons. The van der Waals surface area contributed by atoms with E-state index in [9.17, 15) is 13.2 Å². The van der Waals surface area contributed by atoms with Crippen LogP contribution in [-0.2, 0) is 21.4 Å². The number of amides is 1. The molecule has 1 aliphatic heterocycles. The van der Waals surface area contributed by atoms with Crippen molar-refractivity contribution in [3.63, 3.8) is 0 Å². The number of carbonyl (C=O) groups is 1. The molecule has 1 saturated heterocycles. The highest BCUT2D eigenvalue weighted by Crippen LogP contribution is 2.27. The molecule has 0 unspecified atom stereocenters. The summed E-state index contributed by atoms with van der Waals surface area (Å²) < 4.78 is 29.3. The lowest BCUT2D eigenvalue weighted by Gasteiger charge is -2.29. The van der Waals surface area contributed by atoms with Crippen molar-refractivity contribution in [1.82, 2.24) is 14.1 Å². The molecule has 0 spiro atoms. The van der Waals surface area contributed by atoms with Gasteiger partial charge in [-0.15, -0.1) is 0 Å². The van der Waals surface area contributed by atoms with E-state index in [2.05, 4.69) is 17.3 Å². The number of rotatable bonds is 5. The molecule has 1 aromatic carbocycles. The van der Waals surface area contributed by atoms with Gasteiger partial charge >= 0.3 is 0 Å². The number of aryl methyl sites for hydroxylation is 2. The molecule has 0 saturated carbocycles. The predicted molar refractivity (Wildman–Crippen MR) is 114 cm³/mol. The molecule has 0 bridgehead atoms. The van der Waals surface area contributed by atoms with Crippen LogP contribution in [0.4, 0.5) is 5.69 Å². The highest BCUT2D eigenvalue weighted by molar-refractivity contribution is 7.89. The van der Waals surface area contributed by atoms with Crippen LogP contribution in [0.1, 0.15) is 36.7 Å². The summed E-state index contributed by atoms with van der Waals surface area (Å²) in [7, 11) is -3.63. The van der Waals surface area contributed by atoms with Crippen LogP contribution in [0.5, 0.6) is 0 Å². The molecular weight excluding hydrogens is 412 g/mol. The third-order valence-corrected chi connectivity index (χ3v) is 7.81. The van der Waals surface area contributed by atoms with Gasteiger partial charge in [-0.2, -0.15) is 9.40 Å². The summed E-state index contributed by atoms with van der Waals surface area (Å²) >= 11 is 6.00. The van der Waals surface area contributed by atoms with Gasteiger partial charge in [-0.05, 0) is 57.2 Å². The normalized spacial score (nSPS) is 16.2. The van der Waals surface area contributed by atoms with Crippen molar-refractivity contribution < 1.29 is 13.2 Å². The number of hydrogen-bond donors (Lipinski definition) is 1. The smallest absolute Gasteiger partial charge is 0.246 e. The molecule has 29 heavy (non-hydrogen) atoms. The fourth-order valence-electron chi connectivity index (χ4n) is 3.62. The van der Waals surface area contributed by atoms with Crippen LogP contribution in [0.2, 0.25) is 5.02 Å². The minimum Gasteiger partial charge on any atom is -0.324 e. The summed E-state index contributed by atoms with van der Waals surface area (Å²) in [4.78, 5) is 12.7. The fraction of sp³-hybridized carbons (Fsp3) is 0.500. The van der Waals surface area contributed by atoms with Gasteiger partial charge in [-0.3, -0.25) is 9.48 Å². The van der Waals surface area contributed by atoms with E-state index in [0.717, 1.165) is 18.4 Å². The molecule has 0 aliphatic carbocycles. The number of aromatic nitrogens is 2. The second-order valence-corrected chi connectivity index (χ2v) is 10.1. The molecule has 1 aliphatic rings. The third-order valence-electron chi connectivity index (χ3n) is 5.42. The first kappa shape index (κ1) is 21.8. The lowest BCUT2D eigenvalue weighted by molar-refractivity contribution is -0.116. The summed E-state index contributed by atoms with van der Waals surface area (Å²) in [5, 5.41) is 7.68. The summed E-state index contributed by atoms with van der Waals surface area (Å²) in [5.74, 6) is 0.238. The molecule has 7 nitrogen and oxygen atoms in total. The quantitative estimate of drug-likeness (QED) is 0.773. The van der Waals surface area contributed by atoms with E-state index < -0.39 is 10.0 Å². The van der Waals surface area contributed by atoms with Gasteiger partial charge in [0.25, 0.3) is 0 Å². The summed E-state index contributed by atoms with van der Waals surface area (Å²) in [6.45, 7) is 8.33. The second kappa shape index (κ2) is 8.45. The highest BCUT2D eigenvalue weighted by atomic mass is 35.5. The first-order chi connectivity index (χ1) is 13.6. The van der Waals surface area contributed by atoms with E-state index in [1.165, 1.54) is 8.99 Å². The molecule has 1 amide bonds. The second-order valence-electron chi connectivity index (χ2n) is 7.75. The maximum Gasteiger partial charge on any atom is 0.246 e. The maximum absolute atomic E-state index is 13.2. The number of hydrogen-bond acceptors (Lipinski definition) is 4. The number of nitrogens with zero attached hydrogens (tertiary/aromatic N) is 3. The molecule has 0 atom stereocenters. The van der Waals surface area contributed by atoms with Crippen LogP contribution in [-0.4, -0.2) is 41.5 Å². The topological polar surface area (TPSA) is 84.3 Å². The van der Waals surface area contributed by atoms with E-state index in [1.807, 2.05) is 13.0 Å². The van der Waals surface area contributed by atoms with E-state index in [-0.39, 0.29) is 17.3 Å². The lowest BCUT2D eigenvalue weighted by atomic mass is 10.0. The van der Waals surface area contributed by atoms with Crippen molar-refractivity contribution in [2.45, 2.75) is 52.0 Å². The van der Waals surface area contributed by atoms with Crippen molar-refractivity contribution in [3.05, 3.63) is 40.2 Å². The molecule has 0 radical (unpaired) electrons. The summed E-state index contributed by atoms with van der Waals surface area (Å²) in [6, 6.07) is 5.26. The minimum absolute atomic E-state index is 0.0782.